The third-order valence-corrected chi connectivity index (χ3v) is 4.80. The Balaban J connectivity index is 1.83. The summed E-state index contributed by atoms with van der Waals surface area (Å²) in [5.74, 6) is 1.31. The van der Waals surface area contributed by atoms with Crippen molar-refractivity contribution < 1.29 is 4.74 Å². The largest absolute Gasteiger partial charge is 0.494 e. The quantitative estimate of drug-likeness (QED) is 0.944. The van der Waals surface area contributed by atoms with Crippen LogP contribution in [0.5, 0.6) is 5.75 Å². The van der Waals surface area contributed by atoms with E-state index in [9.17, 15) is 4.79 Å². The fraction of sp³-hybridized carbons (Fsp3) is 0.588. The summed E-state index contributed by atoms with van der Waals surface area (Å²) in [6, 6.07) is 6.35. The number of H-pyrrole nitrogens is 1. The average molecular weight is 303 g/mol. The number of methoxy groups -OCH3 is 1. The number of fused-ring (bicyclic) bond motifs is 1. The molecule has 1 aliphatic heterocycles. The molecular weight excluding hydrogens is 278 g/mol. The zero-order valence-corrected chi connectivity index (χ0v) is 13.6. The van der Waals surface area contributed by atoms with Gasteiger partial charge in [0.25, 0.3) is 0 Å². The molecule has 0 aliphatic carbocycles. The van der Waals surface area contributed by atoms with Gasteiger partial charge in [-0.3, -0.25) is 4.57 Å². The van der Waals surface area contributed by atoms with Gasteiger partial charge in [0.1, 0.15) is 11.3 Å². The number of piperidine rings is 1. The van der Waals surface area contributed by atoms with E-state index in [1.165, 1.54) is 0 Å². The molecule has 0 unspecified atom stereocenters. The molecule has 0 saturated carbocycles. The van der Waals surface area contributed by atoms with E-state index >= 15 is 0 Å². The first kappa shape index (κ1) is 15.2. The van der Waals surface area contributed by atoms with E-state index in [0.29, 0.717) is 12.0 Å². The van der Waals surface area contributed by atoms with E-state index in [2.05, 4.69) is 23.7 Å². The number of nitrogens with zero attached hydrogens (tertiary/aromatic N) is 2. The number of aromatic nitrogens is 2. The maximum Gasteiger partial charge on any atom is 0.326 e. The van der Waals surface area contributed by atoms with Crippen molar-refractivity contribution in [1.29, 1.82) is 0 Å². The van der Waals surface area contributed by atoms with Gasteiger partial charge in [0.05, 0.1) is 12.6 Å². The van der Waals surface area contributed by atoms with Crippen LogP contribution in [0.25, 0.3) is 11.0 Å². The SMILES string of the molecule is COc1cccc2[nH]c(=O)n(CC3CCN(C(C)C)CC3)c12. The third-order valence-electron chi connectivity index (χ3n) is 4.80. The molecule has 5 nitrogen and oxygen atoms in total. The molecule has 3 rings (SSSR count). The summed E-state index contributed by atoms with van der Waals surface area (Å²) in [5, 5.41) is 0. The smallest absolute Gasteiger partial charge is 0.326 e. The molecule has 5 heteroatoms. The summed E-state index contributed by atoms with van der Waals surface area (Å²) in [4.78, 5) is 17.7. The number of likely N-dealkylation sites (tertiary alicyclic amines) is 1. The molecule has 1 fully saturated rings. The lowest BCUT2D eigenvalue weighted by molar-refractivity contribution is 0.142. The van der Waals surface area contributed by atoms with Gasteiger partial charge in [-0.05, 0) is 57.8 Å². The second kappa shape index (κ2) is 6.16. The highest BCUT2D eigenvalue weighted by Gasteiger charge is 2.23. The van der Waals surface area contributed by atoms with Crippen molar-refractivity contribution in [3.05, 3.63) is 28.7 Å². The van der Waals surface area contributed by atoms with Crippen molar-refractivity contribution in [2.75, 3.05) is 20.2 Å². The molecule has 1 aromatic heterocycles. The van der Waals surface area contributed by atoms with Crippen molar-refractivity contribution in [2.45, 2.75) is 39.3 Å². The van der Waals surface area contributed by atoms with Crippen molar-refractivity contribution in [1.82, 2.24) is 14.5 Å². The number of rotatable bonds is 4. The number of hydrogen-bond acceptors (Lipinski definition) is 3. The topological polar surface area (TPSA) is 50.3 Å². The first-order valence-electron chi connectivity index (χ1n) is 8.09. The van der Waals surface area contributed by atoms with Gasteiger partial charge in [-0.1, -0.05) is 6.07 Å². The number of benzene rings is 1. The summed E-state index contributed by atoms with van der Waals surface area (Å²) < 4.78 is 7.28. The number of aromatic amines is 1. The molecule has 1 saturated heterocycles. The molecule has 1 N–H and O–H groups in total. The van der Waals surface area contributed by atoms with Gasteiger partial charge in [-0.2, -0.15) is 0 Å². The minimum atomic E-state index is -0.0363. The first-order chi connectivity index (χ1) is 10.6. The van der Waals surface area contributed by atoms with E-state index in [1.807, 2.05) is 22.8 Å². The predicted molar refractivity (Wildman–Crippen MR) is 88.5 cm³/mol. The zero-order valence-electron chi connectivity index (χ0n) is 13.6. The van der Waals surface area contributed by atoms with E-state index < -0.39 is 0 Å². The molecule has 0 amide bonds. The van der Waals surface area contributed by atoms with Gasteiger partial charge in [0.15, 0.2) is 0 Å². The van der Waals surface area contributed by atoms with Crippen LogP contribution in [0.3, 0.4) is 0 Å². The third kappa shape index (κ3) is 2.77. The second-order valence-corrected chi connectivity index (χ2v) is 6.47. The Bertz CT molecular complexity index is 693. The Labute approximate surface area is 130 Å². The summed E-state index contributed by atoms with van der Waals surface area (Å²) in [5.41, 5.74) is 1.70. The van der Waals surface area contributed by atoms with Crippen molar-refractivity contribution in [3.63, 3.8) is 0 Å². The van der Waals surface area contributed by atoms with Crippen LogP contribution in [-0.2, 0) is 6.54 Å². The van der Waals surface area contributed by atoms with Crippen LogP contribution in [0.4, 0.5) is 0 Å². The fourth-order valence-electron chi connectivity index (χ4n) is 3.43. The van der Waals surface area contributed by atoms with Crippen LogP contribution in [0.2, 0.25) is 0 Å². The number of hydrogen-bond donors (Lipinski definition) is 1. The highest BCUT2D eigenvalue weighted by atomic mass is 16.5. The minimum Gasteiger partial charge on any atom is -0.494 e. The van der Waals surface area contributed by atoms with Crippen LogP contribution in [0.1, 0.15) is 26.7 Å². The average Bonchev–Trinajstić information content (AvgIpc) is 2.83. The number of imidazole rings is 1. The van der Waals surface area contributed by atoms with E-state index in [-0.39, 0.29) is 5.69 Å². The van der Waals surface area contributed by atoms with Crippen molar-refractivity contribution in [2.24, 2.45) is 5.92 Å². The molecule has 0 atom stereocenters. The van der Waals surface area contributed by atoms with Gasteiger partial charge >= 0.3 is 5.69 Å². The van der Waals surface area contributed by atoms with E-state index in [4.69, 9.17) is 4.74 Å². The van der Waals surface area contributed by atoms with Crippen LogP contribution < -0.4 is 10.4 Å². The molecule has 2 aromatic rings. The molecule has 0 radical (unpaired) electrons. The van der Waals surface area contributed by atoms with Crippen molar-refractivity contribution in [3.8, 4) is 5.75 Å². The lowest BCUT2D eigenvalue weighted by Crippen LogP contribution is -2.39. The summed E-state index contributed by atoms with van der Waals surface area (Å²) in [7, 11) is 1.65. The monoisotopic (exact) mass is 303 g/mol. The van der Waals surface area contributed by atoms with Gasteiger partial charge in [-0.25, -0.2) is 4.79 Å². The Kier molecular flexibility index (Phi) is 4.25. The summed E-state index contributed by atoms with van der Waals surface area (Å²) >= 11 is 0. The lowest BCUT2D eigenvalue weighted by atomic mass is 9.96. The van der Waals surface area contributed by atoms with Crippen LogP contribution in [0, 0.1) is 5.92 Å². The normalized spacial score (nSPS) is 17.5. The van der Waals surface area contributed by atoms with E-state index in [0.717, 1.165) is 49.3 Å². The van der Waals surface area contributed by atoms with Crippen LogP contribution in [0.15, 0.2) is 23.0 Å². The first-order valence-corrected chi connectivity index (χ1v) is 8.09. The zero-order chi connectivity index (χ0) is 15.7. The molecule has 120 valence electrons. The molecule has 1 aromatic carbocycles. The number of nitrogens with one attached hydrogen (secondary N) is 1. The van der Waals surface area contributed by atoms with Crippen LogP contribution in [-0.4, -0.2) is 40.7 Å². The summed E-state index contributed by atoms with van der Waals surface area (Å²) in [6.07, 6.45) is 2.29. The lowest BCUT2D eigenvalue weighted by Gasteiger charge is -2.34. The molecule has 2 heterocycles. The predicted octanol–water partition coefficient (Wildman–Crippen LogP) is 2.46. The molecular formula is C17H25N3O2. The number of ether oxygens (including phenoxy) is 1. The fourth-order valence-corrected chi connectivity index (χ4v) is 3.43. The summed E-state index contributed by atoms with van der Waals surface area (Å²) in [6.45, 7) is 7.50. The number of para-hydroxylation sites is 1. The Morgan fingerprint density at radius 1 is 1.32 bits per heavy atom. The second-order valence-electron chi connectivity index (χ2n) is 6.47. The Morgan fingerprint density at radius 2 is 2.05 bits per heavy atom. The van der Waals surface area contributed by atoms with Crippen LogP contribution >= 0.6 is 0 Å². The maximum atomic E-state index is 12.3. The standard InChI is InChI=1S/C17H25N3O2/c1-12(2)19-9-7-13(8-10-19)11-20-16-14(18-17(20)21)5-4-6-15(16)22-3/h4-6,12-13H,7-11H2,1-3H3,(H,18,21). The molecule has 1 aliphatic rings. The van der Waals surface area contributed by atoms with Gasteiger partial charge in [0.2, 0.25) is 0 Å². The molecule has 22 heavy (non-hydrogen) atoms. The van der Waals surface area contributed by atoms with Gasteiger partial charge in [-0.15, -0.1) is 0 Å². The Morgan fingerprint density at radius 3 is 2.68 bits per heavy atom. The highest BCUT2D eigenvalue weighted by Crippen LogP contribution is 2.26. The maximum absolute atomic E-state index is 12.3. The van der Waals surface area contributed by atoms with Gasteiger partial charge < -0.3 is 14.6 Å². The highest BCUT2D eigenvalue weighted by molar-refractivity contribution is 5.81. The van der Waals surface area contributed by atoms with Crippen molar-refractivity contribution >= 4 is 11.0 Å². The van der Waals surface area contributed by atoms with Gasteiger partial charge in [0, 0.05) is 12.6 Å². The minimum absolute atomic E-state index is 0.0363. The Hall–Kier alpha value is -1.75. The molecule has 0 bridgehead atoms. The molecule has 0 spiro atoms. The van der Waals surface area contributed by atoms with E-state index in [1.54, 1.807) is 7.11 Å².